The number of carbonyl (C=O) groups excluding carboxylic acids is 1. The van der Waals surface area contributed by atoms with Crippen molar-refractivity contribution >= 4 is 17.5 Å². The normalized spacial score (nSPS) is 13.2. The van der Waals surface area contributed by atoms with Gasteiger partial charge in [-0.3, -0.25) is 4.79 Å². The third kappa shape index (κ3) is 4.47. The van der Waals surface area contributed by atoms with Gasteiger partial charge in [-0.1, -0.05) is 17.5 Å². The van der Waals surface area contributed by atoms with Crippen molar-refractivity contribution in [2.45, 2.75) is 26.0 Å². The van der Waals surface area contributed by atoms with Crippen LogP contribution in [0.5, 0.6) is 5.75 Å². The van der Waals surface area contributed by atoms with Crippen LogP contribution in [0.15, 0.2) is 18.2 Å². The standard InChI is InChI=1S/C14H17ClN2O2/c1-4-7-17-14(18)10(3)19-13-6-5-11(15)8-12(13)9(2)16/h1,5-6,8-10H,7,16H2,2-3H3,(H,17,18). The van der Waals surface area contributed by atoms with Crippen molar-refractivity contribution < 1.29 is 9.53 Å². The summed E-state index contributed by atoms with van der Waals surface area (Å²) < 4.78 is 5.60. The fraction of sp³-hybridized carbons (Fsp3) is 0.357. The first-order chi connectivity index (χ1) is 8.95. The van der Waals surface area contributed by atoms with E-state index in [1.165, 1.54) is 0 Å². The van der Waals surface area contributed by atoms with Crippen LogP contribution in [0.4, 0.5) is 0 Å². The molecule has 0 fully saturated rings. The predicted octanol–water partition coefficient (Wildman–Crippen LogP) is 1.88. The van der Waals surface area contributed by atoms with E-state index in [1.807, 2.05) is 6.92 Å². The molecule has 0 aliphatic carbocycles. The lowest BCUT2D eigenvalue weighted by Crippen LogP contribution is -2.36. The quantitative estimate of drug-likeness (QED) is 0.810. The van der Waals surface area contributed by atoms with Crippen molar-refractivity contribution in [2.24, 2.45) is 5.73 Å². The molecule has 2 unspecified atom stereocenters. The van der Waals surface area contributed by atoms with Gasteiger partial charge in [0.1, 0.15) is 5.75 Å². The van der Waals surface area contributed by atoms with E-state index in [0.29, 0.717) is 10.8 Å². The lowest BCUT2D eigenvalue weighted by atomic mass is 10.1. The summed E-state index contributed by atoms with van der Waals surface area (Å²) in [6.45, 7) is 3.64. The first-order valence-corrected chi connectivity index (χ1v) is 6.26. The van der Waals surface area contributed by atoms with Crippen LogP contribution in [0.1, 0.15) is 25.5 Å². The van der Waals surface area contributed by atoms with Gasteiger partial charge in [-0.15, -0.1) is 6.42 Å². The Labute approximate surface area is 118 Å². The highest BCUT2D eigenvalue weighted by Crippen LogP contribution is 2.28. The highest BCUT2D eigenvalue weighted by atomic mass is 35.5. The third-order valence-electron chi connectivity index (χ3n) is 2.50. The molecule has 0 spiro atoms. The van der Waals surface area contributed by atoms with Gasteiger partial charge in [-0.25, -0.2) is 0 Å². The summed E-state index contributed by atoms with van der Waals surface area (Å²) in [5, 5.41) is 3.13. The molecule has 1 aromatic rings. The van der Waals surface area contributed by atoms with E-state index >= 15 is 0 Å². The molecule has 2 atom stereocenters. The number of nitrogens with two attached hydrogens (primary N) is 1. The topological polar surface area (TPSA) is 64.3 Å². The van der Waals surface area contributed by atoms with E-state index < -0.39 is 6.10 Å². The lowest BCUT2D eigenvalue weighted by Gasteiger charge is -2.18. The van der Waals surface area contributed by atoms with Gasteiger partial charge in [0.2, 0.25) is 0 Å². The average Bonchev–Trinajstić information content (AvgIpc) is 2.37. The fourth-order valence-corrected chi connectivity index (χ4v) is 1.69. The highest BCUT2D eigenvalue weighted by molar-refractivity contribution is 6.30. The van der Waals surface area contributed by atoms with Crippen molar-refractivity contribution in [3.05, 3.63) is 28.8 Å². The molecule has 0 saturated carbocycles. The summed E-state index contributed by atoms with van der Waals surface area (Å²) in [5.74, 6) is 2.60. The molecule has 5 heteroatoms. The van der Waals surface area contributed by atoms with E-state index in [0.717, 1.165) is 5.56 Å². The number of ether oxygens (including phenoxy) is 1. The summed E-state index contributed by atoms with van der Waals surface area (Å²) >= 11 is 5.92. The zero-order chi connectivity index (χ0) is 14.4. The molecule has 0 radical (unpaired) electrons. The van der Waals surface area contributed by atoms with Crippen LogP contribution in [0.25, 0.3) is 0 Å². The Hall–Kier alpha value is -1.70. The Balaban J connectivity index is 2.82. The molecule has 0 heterocycles. The number of halogens is 1. The summed E-state index contributed by atoms with van der Waals surface area (Å²) in [6.07, 6.45) is 4.41. The number of hydrogen-bond donors (Lipinski definition) is 2. The van der Waals surface area contributed by atoms with Crippen LogP contribution >= 0.6 is 11.6 Å². The van der Waals surface area contributed by atoms with Crippen LogP contribution in [-0.2, 0) is 4.79 Å². The summed E-state index contributed by atoms with van der Waals surface area (Å²) in [5.41, 5.74) is 6.60. The minimum absolute atomic E-state index is 0.174. The number of carbonyl (C=O) groups is 1. The van der Waals surface area contributed by atoms with E-state index in [1.54, 1.807) is 25.1 Å². The lowest BCUT2D eigenvalue weighted by molar-refractivity contribution is -0.127. The van der Waals surface area contributed by atoms with Gasteiger partial charge in [0.05, 0.1) is 6.54 Å². The molecule has 0 aliphatic rings. The minimum atomic E-state index is -0.660. The van der Waals surface area contributed by atoms with Gasteiger partial charge < -0.3 is 15.8 Å². The Morgan fingerprint density at radius 1 is 1.58 bits per heavy atom. The van der Waals surface area contributed by atoms with Crippen molar-refractivity contribution in [1.82, 2.24) is 5.32 Å². The SMILES string of the molecule is C#CCNC(=O)C(C)Oc1ccc(Cl)cc1C(C)N. The number of amides is 1. The molecule has 4 nitrogen and oxygen atoms in total. The predicted molar refractivity (Wildman–Crippen MR) is 76.0 cm³/mol. The first kappa shape index (κ1) is 15.4. The Morgan fingerprint density at radius 2 is 2.26 bits per heavy atom. The zero-order valence-corrected chi connectivity index (χ0v) is 11.7. The Morgan fingerprint density at radius 3 is 2.84 bits per heavy atom. The van der Waals surface area contributed by atoms with E-state index in [2.05, 4.69) is 11.2 Å². The van der Waals surface area contributed by atoms with Crippen LogP contribution in [-0.4, -0.2) is 18.6 Å². The molecule has 0 aromatic heterocycles. The van der Waals surface area contributed by atoms with E-state index in [4.69, 9.17) is 28.5 Å². The van der Waals surface area contributed by atoms with Crippen molar-refractivity contribution in [2.75, 3.05) is 6.54 Å². The molecule has 102 valence electrons. The Bertz CT molecular complexity index is 495. The molecule has 3 N–H and O–H groups in total. The molecule has 0 saturated heterocycles. The number of terminal acetylenes is 1. The Kier molecular flexibility index (Phi) is 5.68. The summed E-state index contributed by atoms with van der Waals surface area (Å²) in [7, 11) is 0. The van der Waals surface area contributed by atoms with E-state index in [-0.39, 0.29) is 18.5 Å². The number of benzene rings is 1. The second-order valence-electron chi connectivity index (χ2n) is 4.15. The molecule has 0 aliphatic heterocycles. The fourth-order valence-electron chi connectivity index (χ4n) is 1.51. The van der Waals surface area contributed by atoms with Crippen molar-refractivity contribution in [3.8, 4) is 18.1 Å². The van der Waals surface area contributed by atoms with Crippen LogP contribution in [0.2, 0.25) is 5.02 Å². The van der Waals surface area contributed by atoms with E-state index in [9.17, 15) is 4.79 Å². The minimum Gasteiger partial charge on any atom is -0.481 e. The number of rotatable bonds is 5. The third-order valence-corrected chi connectivity index (χ3v) is 2.74. The molecular weight excluding hydrogens is 264 g/mol. The van der Waals surface area contributed by atoms with Crippen LogP contribution in [0, 0.1) is 12.3 Å². The number of hydrogen-bond acceptors (Lipinski definition) is 3. The smallest absolute Gasteiger partial charge is 0.261 e. The molecular formula is C14H17ClN2O2. The molecule has 1 aromatic carbocycles. The maximum Gasteiger partial charge on any atom is 0.261 e. The van der Waals surface area contributed by atoms with Crippen molar-refractivity contribution in [1.29, 1.82) is 0 Å². The maximum atomic E-state index is 11.7. The van der Waals surface area contributed by atoms with Crippen molar-refractivity contribution in [3.63, 3.8) is 0 Å². The average molecular weight is 281 g/mol. The largest absolute Gasteiger partial charge is 0.481 e. The molecule has 1 rings (SSSR count). The molecule has 19 heavy (non-hydrogen) atoms. The maximum absolute atomic E-state index is 11.7. The summed E-state index contributed by atoms with van der Waals surface area (Å²) in [4.78, 5) is 11.7. The van der Waals surface area contributed by atoms with Crippen LogP contribution < -0.4 is 15.8 Å². The van der Waals surface area contributed by atoms with Gasteiger partial charge in [-0.2, -0.15) is 0 Å². The second kappa shape index (κ2) is 7.03. The van der Waals surface area contributed by atoms with Gasteiger partial charge in [0.25, 0.3) is 5.91 Å². The molecule has 0 bridgehead atoms. The number of nitrogens with one attached hydrogen (secondary N) is 1. The monoisotopic (exact) mass is 280 g/mol. The zero-order valence-electron chi connectivity index (χ0n) is 10.9. The van der Waals surface area contributed by atoms with Gasteiger partial charge >= 0.3 is 0 Å². The highest BCUT2D eigenvalue weighted by Gasteiger charge is 2.17. The first-order valence-electron chi connectivity index (χ1n) is 5.88. The van der Waals surface area contributed by atoms with Gasteiger partial charge in [0, 0.05) is 16.6 Å². The van der Waals surface area contributed by atoms with Gasteiger partial charge in [0.15, 0.2) is 6.10 Å². The molecule has 1 amide bonds. The second-order valence-corrected chi connectivity index (χ2v) is 4.59. The van der Waals surface area contributed by atoms with Gasteiger partial charge in [-0.05, 0) is 32.0 Å². The van der Waals surface area contributed by atoms with Crippen LogP contribution in [0.3, 0.4) is 0 Å². The summed E-state index contributed by atoms with van der Waals surface area (Å²) in [6, 6.07) is 4.88.